The zero-order valence-corrected chi connectivity index (χ0v) is 8.94. The maximum atomic E-state index is 3.86. The van der Waals surface area contributed by atoms with Crippen LogP contribution >= 0.6 is 25.3 Å². The third-order valence-corrected chi connectivity index (χ3v) is 1.57. The van der Waals surface area contributed by atoms with E-state index in [0.29, 0.717) is 10.3 Å². The fourth-order valence-electron chi connectivity index (χ4n) is 0.582. The zero-order chi connectivity index (χ0) is 10.2. The average molecular weight is 224 g/mol. The van der Waals surface area contributed by atoms with Crippen LogP contribution in [0.3, 0.4) is 0 Å². The highest BCUT2D eigenvalue weighted by atomic mass is 32.1. The number of nitrogens with zero attached hydrogens (tertiary/aromatic N) is 4. The molecule has 0 unspecified atom stereocenters. The van der Waals surface area contributed by atoms with Crippen LogP contribution in [0.15, 0.2) is 47.2 Å². The molecular formula is C8H8N4S2. The lowest BCUT2D eigenvalue weighted by Crippen LogP contribution is -1.75. The second-order valence-electron chi connectivity index (χ2n) is 2.10. The number of thiol groups is 2. The first-order valence-electron chi connectivity index (χ1n) is 3.71. The van der Waals surface area contributed by atoms with Gasteiger partial charge in [-0.3, -0.25) is 0 Å². The first kappa shape index (κ1) is 10.9. The lowest BCUT2D eigenvalue weighted by molar-refractivity contribution is 0.974. The molecule has 0 aliphatic heterocycles. The Balaban J connectivity index is 0.000000140. The molecule has 0 atom stereocenters. The molecule has 0 fully saturated rings. The summed E-state index contributed by atoms with van der Waals surface area (Å²) in [6.45, 7) is 0. The predicted molar refractivity (Wildman–Crippen MR) is 58.6 cm³/mol. The van der Waals surface area contributed by atoms with Crippen molar-refractivity contribution in [2.75, 3.05) is 0 Å². The van der Waals surface area contributed by atoms with Crippen LogP contribution in [-0.2, 0) is 0 Å². The van der Waals surface area contributed by atoms with E-state index >= 15 is 0 Å². The van der Waals surface area contributed by atoms with E-state index in [0.717, 1.165) is 0 Å². The Kier molecular flexibility index (Phi) is 4.95. The number of rotatable bonds is 0. The molecule has 6 heteroatoms. The lowest BCUT2D eigenvalue weighted by atomic mass is 10.7. The quantitative estimate of drug-likeness (QED) is 0.526. The van der Waals surface area contributed by atoms with Crippen LogP contribution in [-0.4, -0.2) is 19.9 Å². The highest BCUT2D eigenvalue weighted by molar-refractivity contribution is 7.80. The number of hydrogen-bond acceptors (Lipinski definition) is 6. The van der Waals surface area contributed by atoms with Crippen molar-refractivity contribution in [2.45, 2.75) is 10.3 Å². The Morgan fingerprint density at radius 1 is 0.643 bits per heavy atom. The summed E-state index contributed by atoms with van der Waals surface area (Å²) >= 11 is 7.72. The van der Waals surface area contributed by atoms with Crippen LogP contribution < -0.4 is 0 Å². The molecule has 2 aromatic heterocycles. The van der Waals surface area contributed by atoms with Crippen molar-refractivity contribution in [3.05, 3.63) is 36.9 Å². The Morgan fingerprint density at radius 2 is 0.929 bits per heavy atom. The van der Waals surface area contributed by atoms with Crippen molar-refractivity contribution < 1.29 is 0 Å². The molecule has 0 N–H and O–H groups in total. The Hall–Kier alpha value is -1.14. The molecule has 0 amide bonds. The minimum Gasteiger partial charge on any atom is -0.231 e. The summed E-state index contributed by atoms with van der Waals surface area (Å²) in [6, 6.07) is 3.50. The smallest absolute Gasteiger partial charge is 0.184 e. The van der Waals surface area contributed by atoms with Crippen LogP contribution in [0, 0.1) is 0 Å². The van der Waals surface area contributed by atoms with Crippen molar-refractivity contribution >= 4 is 25.3 Å². The van der Waals surface area contributed by atoms with E-state index in [9.17, 15) is 0 Å². The largest absolute Gasteiger partial charge is 0.231 e. The minimum atomic E-state index is 0.516. The Labute approximate surface area is 92.7 Å². The number of aromatic nitrogens is 4. The van der Waals surface area contributed by atoms with Gasteiger partial charge in [-0.1, -0.05) is 0 Å². The van der Waals surface area contributed by atoms with E-state index < -0.39 is 0 Å². The molecule has 0 aliphatic rings. The third-order valence-electron chi connectivity index (χ3n) is 1.10. The molecular weight excluding hydrogens is 216 g/mol. The van der Waals surface area contributed by atoms with Gasteiger partial charge in [0.25, 0.3) is 0 Å². The van der Waals surface area contributed by atoms with E-state index in [-0.39, 0.29) is 0 Å². The summed E-state index contributed by atoms with van der Waals surface area (Å²) in [5, 5.41) is 1.03. The van der Waals surface area contributed by atoms with Crippen molar-refractivity contribution in [1.82, 2.24) is 19.9 Å². The maximum absolute atomic E-state index is 3.86. The molecule has 0 saturated carbocycles. The first-order valence-corrected chi connectivity index (χ1v) is 4.60. The van der Waals surface area contributed by atoms with Crippen LogP contribution in [0.25, 0.3) is 0 Å². The van der Waals surface area contributed by atoms with E-state index in [1.807, 2.05) is 0 Å². The van der Waals surface area contributed by atoms with Crippen molar-refractivity contribution in [2.24, 2.45) is 0 Å². The van der Waals surface area contributed by atoms with Gasteiger partial charge in [-0.05, 0) is 12.1 Å². The molecule has 0 saturated heterocycles. The van der Waals surface area contributed by atoms with Gasteiger partial charge in [-0.2, -0.15) is 0 Å². The molecule has 0 bridgehead atoms. The first-order chi connectivity index (χ1) is 6.79. The van der Waals surface area contributed by atoms with Gasteiger partial charge in [-0.15, -0.1) is 25.3 Å². The van der Waals surface area contributed by atoms with Gasteiger partial charge in [0.1, 0.15) is 0 Å². The molecule has 72 valence electrons. The summed E-state index contributed by atoms with van der Waals surface area (Å²) in [5.41, 5.74) is 0. The standard InChI is InChI=1S/2C4H4N2S/c2*7-4-5-2-1-3-6-4/h2*1-3H,(H,5,6,7). The fraction of sp³-hybridized carbons (Fsp3) is 0. The van der Waals surface area contributed by atoms with Crippen LogP contribution in [0.2, 0.25) is 0 Å². The van der Waals surface area contributed by atoms with Crippen molar-refractivity contribution in [3.63, 3.8) is 0 Å². The maximum Gasteiger partial charge on any atom is 0.184 e. The van der Waals surface area contributed by atoms with Gasteiger partial charge in [0.15, 0.2) is 10.3 Å². The molecule has 0 radical (unpaired) electrons. The van der Waals surface area contributed by atoms with Gasteiger partial charge in [0, 0.05) is 24.8 Å². The van der Waals surface area contributed by atoms with Crippen molar-refractivity contribution in [3.8, 4) is 0 Å². The second-order valence-corrected chi connectivity index (χ2v) is 2.90. The zero-order valence-electron chi connectivity index (χ0n) is 7.15. The molecule has 0 aliphatic carbocycles. The van der Waals surface area contributed by atoms with E-state index in [1.54, 1.807) is 36.9 Å². The molecule has 4 nitrogen and oxygen atoms in total. The van der Waals surface area contributed by atoms with Gasteiger partial charge in [-0.25, -0.2) is 19.9 Å². The van der Waals surface area contributed by atoms with Crippen LogP contribution in [0.5, 0.6) is 0 Å². The molecule has 2 rings (SSSR count). The van der Waals surface area contributed by atoms with Crippen molar-refractivity contribution in [1.29, 1.82) is 0 Å². The third kappa shape index (κ3) is 4.78. The number of hydrogen-bond donors (Lipinski definition) is 2. The highest BCUT2D eigenvalue weighted by Crippen LogP contribution is 1.89. The van der Waals surface area contributed by atoms with E-state index in [1.165, 1.54) is 0 Å². The van der Waals surface area contributed by atoms with Crippen LogP contribution in [0.4, 0.5) is 0 Å². The van der Waals surface area contributed by atoms with E-state index in [2.05, 4.69) is 45.2 Å². The monoisotopic (exact) mass is 224 g/mol. The summed E-state index contributed by atoms with van der Waals surface area (Å²) in [7, 11) is 0. The molecule has 0 aromatic carbocycles. The molecule has 0 spiro atoms. The molecule has 2 heterocycles. The fourth-order valence-corrected chi connectivity index (χ4v) is 0.849. The Bertz CT molecular complexity index is 317. The van der Waals surface area contributed by atoms with Gasteiger partial charge in [0.05, 0.1) is 0 Å². The normalized spacial score (nSPS) is 8.71. The SMILES string of the molecule is Sc1ncccn1.Sc1ncccn1. The van der Waals surface area contributed by atoms with Gasteiger partial charge < -0.3 is 0 Å². The predicted octanol–water partition coefficient (Wildman–Crippen LogP) is 1.53. The topological polar surface area (TPSA) is 51.6 Å². The van der Waals surface area contributed by atoms with Crippen LogP contribution in [0.1, 0.15) is 0 Å². The second kappa shape index (κ2) is 6.33. The highest BCUT2D eigenvalue weighted by Gasteiger charge is 1.76. The lowest BCUT2D eigenvalue weighted by Gasteiger charge is -1.80. The van der Waals surface area contributed by atoms with Gasteiger partial charge >= 0.3 is 0 Å². The van der Waals surface area contributed by atoms with E-state index in [4.69, 9.17) is 0 Å². The molecule has 14 heavy (non-hydrogen) atoms. The average Bonchev–Trinajstić information content (AvgIpc) is 2.21. The summed E-state index contributed by atoms with van der Waals surface area (Å²) in [4.78, 5) is 14.9. The minimum absolute atomic E-state index is 0.516. The summed E-state index contributed by atoms with van der Waals surface area (Å²) < 4.78 is 0. The summed E-state index contributed by atoms with van der Waals surface area (Å²) in [6.07, 6.45) is 6.59. The van der Waals surface area contributed by atoms with Gasteiger partial charge in [0.2, 0.25) is 0 Å². The summed E-state index contributed by atoms with van der Waals surface area (Å²) in [5.74, 6) is 0. The molecule has 2 aromatic rings. The Morgan fingerprint density at radius 3 is 1.07 bits per heavy atom.